The fourth-order valence-corrected chi connectivity index (χ4v) is 4.75. The number of nitrogens with zero attached hydrogens (tertiary/aromatic N) is 4. The summed E-state index contributed by atoms with van der Waals surface area (Å²) in [6, 6.07) is 3.70. The molecule has 4 rings (SSSR count). The molecule has 35 heavy (non-hydrogen) atoms. The van der Waals surface area contributed by atoms with Crippen LogP contribution in [0.1, 0.15) is 43.4 Å². The quantitative estimate of drug-likeness (QED) is 0.690. The predicted octanol–water partition coefficient (Wildman–Crippen LogP) is 3.18. The molecule has 1 atom stereocenters. The minimum absolute atomic E-state index is 0.138. The molecule has 1 aromatic carbocycles. The van der Waals surface area contributed by atoms with Gasteiger partial charge in [-0.1, -0.05) is 32.4 Å². The number of amides is 2. The fraction of sp³-hybridized carbons (Fsp3) is 0.560. The standard InChI is InChI=1S/C25H33ClFN5O3/c1-25(2,3)21(24(34)31-10-12-35-13-11-31)29-23(33)20-19-15-30(4)8-5-9-32(19)22(28-20)17-7-6-16(26)14-18(17)27/h6-7,14,21H,5,8-13,15H2,1-4H3,(H,29,33)/t21-/m1/s1. The molecule has 2 aliphatic rings. The van der Waals surface area contributed by atoms with Gasteiger partial charge in [0.2, 0.25) is 5.91 Å². The Balaban J connectivity index is 1.71. The summed E-state index contributed by atoms with van der Waals surface area (Å²) in [5.41, 5.74) is 0.686. The van der Waals surface area contributed by atoms with Crippen LogP contribution in [0.3, 0.4) is 0 Å². The summed E-state index contributed by atoms with van der Waals surface area (Å²) in [5.74, 6) is -0.682. The van der Waals surface area contributed by atoms with Gasteiger partial charge < -0.3 is 24.4 Å². The van der Waals surface area contributed by atoms with Crippen LogP contribution in [0.25, 0.3) is 11.4 Å². The number of ether oxygens (including phenoxy) is 1. The third-order valence-corrected chi connectivity index (χ3v) is 6.75. The molecule has 0 spiro atoms. The van der Waals surface area contributed by atoms with Gasteiger partial charge in [-0.3, -0.25) is 9.59 Å². The SMILES string of the molecule is CN1CCCn2c(-c3ccc(Cl)cc3F)nc(C(=O)N[C@H](C(=O)N3CCOCC3)C(C)(C)C)c2C1. The molecule has 8 nitrogen and oxygen atoms in total. The third kappa shape index (κ3) is 5.52. The molecule has 2 amide bonds. The van der Waals surface area contributed by atoms with E-state index in [1.165, 1.54) is 6.07 Å². The van der Waals surface area contributed by atoms with Gasteiger partial charge in [0, 0.05) is 31.2 Å². The number of benzene rings is 1. The lowest BCUT2D eigenvalue weighted by molar-refractivity contribution is -0.139. The van der Waals surface area contributed by atoms with Gasteiger partial charge >= 0.3 is 0 Å². The monoisotopic (exact) mass is 505 g/mol. The lowest BCUT2D eigenvalue weighted by Crippen LogP contribution is -2.56. The summed E-state index contributed by atoms with van der Waals surface area (Å²) < 4.78 is 22.2. The molecule has 10 heteroatoms. The van der Waals surface area contributed by atoms with Crippen LogP contribution in [0, 0.1) is 11.2 Å². The molecule has 0 saturated carbocycles. The minimum atomic E-state index is -0.746. The number of fused-ring (bicyclic) bond motifs is 1. The highest BCUT2D eigenvalue weighted by molar-refractivity contribution is 6.30. The van der Waals surface area contributed by atoms with E-state index in [1.807, 2.05) is 32.4 Å². The normalized spacial score (nSPS) is 18.1. The molecular formula is C25H33ClFN5O3. The first kappa shape index (κ1) is 25.6. The van der Waals surface area contributed by atoms with E-state index in [9.17, 15) is 14.0 Å². The molecule has 3 heterocycles. The summed E-state index contributed by atoms with van der Waals surface area (Å²) in [5, 5.41) is 3.26. The van der Waals surface area contributed by atoms with E-state index in [4.69, 9.17) is 16.3 Å². The van der Waals surface area contributed by atoms with Crippen LogP contribution < -0.4 is 5.32 Å². The number of halogens is 2. The largest absolute Gasteiger partial charge is 0.378 e. The van der Waals surface area contributed by atoms with Crippen LogP contribution in [0.4, 0.5) is 4.39 Å². The molecular weight excluding hydrogens is 473 g/mol. The Labute approximate surface area is 210 Å². The van der Waals surface area contributed by atoms with E-state index in [0.29, 0.717) is 55.9 Å². The number of nitrogens with one attached hydrogen (secondary N) is 1. The van der Waals surface area contributed by atoms with Gasteiger partial charge in [0.05, 0.1) is 24.5 Å². The lowest BCUT2D eigenvalue weighted by Gasteiger charge is -2.36. The van der Waals surface area contributed by atoms with E-state index < -0.39 is 23.2 Å². The first-order valence-corrected chi connectivity index (χ1v) is 12.3. The Morgan fingerprint density at radius 3 is 2.54 bits per heavy atom. The van der Waals surface area contributed by atoms with Crippen molar-refractivity contribution in [2.24, 2.45) is 5.41 Å². The Bertz CT molecular complexity index is 1110. The number of morpholine rings is 1. The molecule has 1 fully saturated rings. The summed E-state index contributed by atoms with van der Waals surface area (Å²) in [6.45, 7) is 9.64. The zero-order valence-corrected chi connectivity index (χ0v) is 21.5. The highest BCUT2D eigenvalue weighted by Gasteiger charge is 2.38. The van der Waals surface area contributed by atoms with Gasteiger partial charge in [-0.25, -0.2) is 9.37 Å². The van der Waals surface area contributed by atoms with Crippen molar-refractivity contribution in [3.63, 3.8) is 0 Å². The predicted molar refractivity (Wildman–Crippen MR) is 132 cm³/mol. The van der Waals surface area contributed by atoms with E-state index in [0.717, 1.165) is 13.0 Å². The van der Waals surface area contributed by atoms with E-state index >= 15 is 0 Å². The number of rotatable bonds is 4. The van der Waals surface area contributed by atoms with Crippen LogP contribution in [0.2, 0.25) is 5.02 Å². The summed E-state index contributed by atoms with van der Waals surface area (Å²) in [6.07, 6.45) is 0.837. The number of imidazole rings is 1. The van der Waals surface area contributed by atoms with Crippen LogP contribution in [-0.4, -0.2) is 77.1 Å². The Morgan fingerprint density at radius 1 is 1.17 bits per heavy atom. The number of carbonyl (C=O) groups is 2. The van der Waals surface area contributed by atoms with Crippen molar-refractivity contribution < 1.29 is 18.7 Å². The smallest absolute Gasteiger partial charge is 0.272 e. The summed E-state index contributed by atoms with van der Waals surface area (Å²) in [4.78, 5) is 35.5. The van der Waals surface area contributed by atoms with Crippen molar-refractivity contribution in [3.8, 4) is 11.4 Å². The van der Waals surface area contributed by atoms with Crippen molar-refractivity contribution in [3.05, 3.63) is 40.4 Å². The van der Waals surface area contributed by atoms with E-state index in [2.05, 4.69) is 15.2 Å². The van der Waals surface area contributed by atoms with Gasteiger partial charge in [-0.15, -0.1) is 0 Å². The first-order chi connectivity index (χ1) is 16.6. The third-order valence-electron chi connectivity index (χ3n) is 6.51. The molecule has 0 bridgehead atoms. The van der Waals surface area contributed by atoms with Crippen LogP contribution >= 0.6 is 11.6 Å². The number of hydrogen-bond donors (Lipinski definition) is 1. The highest BCUT2D eigenvalue weighted by Crippen LogP contribution is 2.30. The highest BCUT2D eigenvalue weighted by atomic mass is 35.5. The molecule has 190 valence electrons. The molecule has 2 aliphatic heterocycles. The lowest BCUT2D eigenvalue weighted by atomic mass is 9.85. The van der Waals surface area contributed by atoms with Gasteiger partial charge in [0.15, 0.2) is 5.69 Å². The van der Waals surface area contributed by atoms with Crippen LogP contribution in [-0.2, 0) is 22.6 Å². The molecule has 0 unspecified atom stereocenters. The minimum Gasteiger partial charge on any atom is -0.378 e. The van der Waals surface area contributed by atoms with Crippen molar-refractivity contribution in [2.45, 2.75) is 46.3 Å². The van der Waals surface area contributed by atoms with Crippen molar-refractivity contribution in [1.82, 2.24) is 24.7 Å². The van der Waals surface area contributed by atoms with E-state index in [1.54, 1.807) is 17.0 Å². The fourth-order valence-electron chi connectivity index (χ4n) is 4.59. The van der Waals surface area contributed by atoms with Gasteiger partial charge in [-0.05, 0) is 43.6 Å². The molecule has 0 aliphatic carbocycles. The van der Waals surface area contributed by atoms with E-state index in [-0.39, 0.29) is 17.2 Å². The zero-order valence-electron chi connectivity index (χ0n) is 20.7. The second kappa shape index (κ2) is 10.2. The van der Waals surface area contributed by atoms with Crippen LogP contribution in [0.5, 0.6) is 0 Å². The molecule has 0 radical (unpaired) electrons. The maximum Gasteiger partial charge on any atom is 0.272 e. The Morgan fingerprint density at radius 2 is 1.89 bits per heavy atom. The molecule has 1 saturated heterocycles. The second-order valence-electron chi connectivity index (χ2n) is 10.3. The molecule has 1 aromatic heterocycles. The van der Waals surface area contributed by atoms with Crippen molar-refractivity contribution in [1.29, 1.82) is 0 Å². The number of aromatic nitrogens is 2. The second-order valence-corrected chi connectivity index (χ2v) is 10.7. The van der Waals surface area contributed by atoms with Crippen LogP contribution in [0.15, 0.2) is 18.2 Å². The van der Waals surface area contributed by atoms with Gasteiger partial charge in [-0.2, -0.15) is 0 Å². The maximum absolute atomic E-state index is 14.9. The first-order valence-electron chi connectivity index (χ1n) is 12.0. The molecule has 1 N–H and O–H groups in total. The summed E-state index contributed by atoms with van der Waals surface area (Å²) >= 11 is 5.96. The zero-order chi connectivity index (χ0) is 25.3. The van der Waals surface area contributed by atoms with Gasteiger partial charge in [0.1, 0.15) is 17.7 Å². The van der Waals surface area contributed by atoms with Crippen molar-refractivity contribution >= 4 is 23.4 Å². The maximum atomic E-state index is 14.9. The average molecular weight is 506 g/mol. The molecule has 2 aromatic rings. The average Bonchev–Trinajstić information content (AvgIpc) is 3.02. The Hall–Kier alpha value is -2.49. The topological polar surface area (TPSA) is 79.7 Å². The van der Waals surface area contributed by atoms with Crippen molar-refractivity contribution in [2.75, 3.05) is 39.9 Å². The number of carbonyl (C=O) groups excluding carboxylic acids is 2. The number of hydrogen-bond acceptors (Lipinski definition) is 5. The van der Waals surface area contributed by atoms with Gasteiger partial charge in [0.25, 0.3) is 5.91 Å². The Kier molecular flexibility index (Phi) is 7.49. The summed E-state index contributed by atoms with van der Waals surface area (Å²) in [7, 11) is 1.98.